The first-order chi connectivity index (χ1) is 20.1. The Balaban J connectivity index is 1.38. The van der Waals surface area contributed by atoms with Gasteiger partial charge in [-0.2, -0.15) is 35.5 Å². The van der Waals surface area contributed by atoms with Gasteiger partial charge in [-0.25, -0.2) is 0 Å². The van der Waals surface area contributed by atoms with Gasteiger partial charge in [-0.05, 0) is 46.5 Å². The van der Waals surface area contributed by atoms with E-state index in [0.717, 1.165) is 34.0 Å². The number of benzene rings is 3. The molecule has 0 radical (unpaired) electrons. The van der Waals surface area contributed by atoms with E-state index in [2.05, 4.69) is 22.8 Å². The maximum absolute atomic E-state index is 14.2. The molecule has 8 rings (SSSR count). The van der Waals surface area contributed by atoms with Crippen LogP contribution >= 0.6 is 0 Å². The zero-order chi connectivity index (χ0) is 29.0. The van der Waals surface area contributed by atoms with Gasteiger partial charge in [-0.15, -0.1) is 0 Å². The fourth-order valence-corrected chi connectivity index (χ4v) is 7.48. The van der Waals surface area contributed by atoms with Gasteiger partial charge < -0.3 is 0 Å². The fourth-order valence-electron chi connectivity index (χ4n) is 7.48. The molecule has 2 nitrogen and oxygen atoms in total. The summed E-state index contributed by atoms with van der Waals surface area (Å²) in [6, 6.07) is 28.2. The third-order valence-corrected chi connectivity index (χ3v) is 9.13. The second kappa shape index (κ2) is 8.53. The van der Waals surface area contributed by atoms with Crippen LogP contribution in [0.4, 0.5) is 26.3 Å². The van der Waals surface area contributed by atoms with E-state index in [-0.39, 0.29) is 23.6 Å². The first-order valence-electron chi connectivity index (χ1n) is 13.7. The highest BCUT2D eigenvalue weighted by molar-refractivity contribution is 5.73. The highest BCUT2D eigenvalue weighted by Gasteiger charge is 2.68. The van der Waals surface area contributed by atoms with Crippen molar-refractivity contribution in [1.29, 1.82) is 0 Å². The van der Waals surface area contributed by atoms with Crippen molar-refractivity contribution >= 4 is 0 Å². The summed E-state index contributed by atoms with van der Waals surface area (Å²) >= 11 is 0. The van der Waals surface area contributed by atoms with Crippen LogP contribution in [0, 0.1) is 0 Å². The lowest BCUT2D eigenvalue weighted by molar-refractivity contribution is -0.801. The molecule has 4 heterocycles. The molecule has 1 aliphatic carbocycles. The average Bonchev–Trinajstić information content (AvgIpc) is 2.96. The molecule has 42 heavy (non-hydrogen) atoms. The molecule has 0 N–H and O–H groups in total. The van der Waals surface area contributed by atoms with Gasteiger partial charge in [0, 0.05) is 24.3 Å². The van der Waals surface area contributed by atoms with Crippen LogP contribution in [0.15, 0.2) is 109 Å². The van der Waals surface area contributed by atoms with Crippen molar-refractivity contribution in [2.45, 2.75) is 36.3 Å². The Morgan fingerprint density at radius 2 is 1.10 bits per heavy atom. The second-order valence-electron chi connectivity index (χ2n) is 11.2. The predicted octanol–water partition coefficient (Wildman–Crippen LogP) is 8.29. The highest BCUT2D eigenvalue weighted by Crippen LogP contribution is 2.65. The largest absolute Gasteiger partial charge is 0.417 e. The Kier molecular flexibility index (Phi) is 5.13. The predicted molar refractivity (Wildman–Crippen MR) is 143 cm³/mol. The average molecular weight is 573 g/mol. The van der Waals surface area contributed by atoms with Crippen molar-refractivity contribution in [2.24, 2.45) is 0 Å². The molecule has 3 aliphatic rings. The molecule has 0 saturated heterocycles. The van der Waals surface area contributed by atoms with Crippen LogP contribution in [0.1, 0.15) is 46.2 Å². The van der Waals surface area contributed by atoms with Gasteiger partial charge in [0.2, 0.25) is 11.4 Å². The lowest BCUT2D eigenvalue weighted by atomic mass is 9.55. The third kappa shape index (κ3) is 3.47. The van der Waals surface area contributed by atoms with Crippen LogP contribution < -0.4 is 9.13 Å². The van der Waals surface area contributed by atoms with Crippen LogP contribution in [0.3, 0.4) is 0 Å². The summed E-state index contributed by atoms with van der Waals surface area (Å²) < 4.78 is 88.6. The van der Waals surface area contributed by atoms with E-state index in [0.29, 0.717) is 17.3 Å². The Morgan fingerprint density at radius 3 is 1.83 bits per heavy atom. The molecule has 3 aromatic carbocycles. The molecule has 2 aliphatic heterocycles. The lowest BCUT2D eigenvalue weighted by Crippen LogP contribution is -2.67. The summed E-state index contributed by atoms with van der Waals surface area (Å²) in [6.45, 7) is 0. The number of hydrogen-bond donors (Lipinski definition) is 0. The van der Waals surface area contributed by atoms with E-state index in [1.807, 2.05) is 71.6 Å². The third-order valence-electron chi connectivity index (χ3n) is 9.13. The van der Waals surface area contributed by atoms with Gasteiger partial charge in [0.1, 0.15) is 11.8 Å². The van der Waals surface area contributed by atoms with Crippen LogP contribution in [-0.4, -0.2) is 0 Å². The fraction of sp³-hybridized carbons (Fsp3) is 0.176. The molecule has 0 amide bonds. The van der Waals surface area contributed by atoms with E-state index in [9.17, 15) is 26.3 Å². The van der Waals surface area contributed by atoms with Gasteiger partial charge in [-0.1, -0.05) is 48.5 Å². The van der Waals surface area contributed by atoms with Gasteiger partial charge in [-0.3, -0.25) is 0 Å². The van der Waals surface area contributed by atoms with Crippen molar-refractivity contribution in [3.63, 3.8) is 0 Å². The Hall–Kier alpha value is -4.46. The minimum atomic E-state index is -5.16. The van der Waals surface area contributed by atoms with E-state index >= 15 is 0 Å². The number of aromatic nitrogens is 2. The molecule has 4 unspecified atom stereocenters. The maximum atomic E-state index is 14.2. The van der Waals surface area contributed by atoms with E-state index in [4.69, 9.17) is 0 Å². The van der Waals surface area contributed by atoms with Gasteiger partial charge in [0.05, 0.1) is 22.3 Å². The Bertz CT molecular complexity index is 1890. The van der Waals surface area contributed by atoms with Crippen molar-refractivity contribution in [1.82, 2.24) is 0 Å². The smallest absolute Gasteiger partial charge is 0.194 e. The number of nitrogens with zero attached hydrogens (tertiary/aromatic N) is 2. The summed E-state index contributed by atoms with van der Waals surface area (Å²) in [6.07, 6.45) is -6.51. The van der Waals surface area contributed by atoms with Crippen LogP contribution in [0.5, 0.6) is 0 Å². The molecule has 208 valence electrons. The second-order valence-corrected chi connectivity index (χ2v) is 11.2. The number of hydrogen-bond acceptors (Lipinski definition) is 0. The van der Waals surface area contributed by atoms with Crippen LogP contribution in [0.2, 0.25) is 0 Å². The molecular weight excluding hydrogens is 550 g/mol. The minimum Gasteiger partial charge on any atom is -0.194 e. The zero-order valence-electron chi connectivity index (χ0n) is 21.9. The molecule has 8 heteroatoms. The number of rotatable bonds is 1. The maximum Gasteiger partial charge on any atom is 0.417 e. The number of fused-ring (bicyclic) bond motifs is 14. The topological polar surface area (TPSA) is 7.76 Å². The van der Waals surface area contributed by atoms with E-state index < -0.39 is 29.4 Å². The zero-order valence-corrected chi connectivity index (χ0v) is 21.9. The summed E-state index contributed by atoms with van der Waals surface area (Å²) in [5, 5.41) is 0. The Labute approximate surface area is 237 Å². The Morgan fingerprint density at radius 1 is 0.476 bits per heavy atom. The van der Waals surface area contributed by atoms with Crippen molar-refractivity contribution < 1.29 is 35.5 Å². The van der Waals surface area contributed by atoms with Gasteiger partial charge >= 0.3 is 12.4 Å². The van der Waals surface area contributed by atoms with Crippen LogP contribution in [0.25, 0.3) is 33.6 Å². The van der Waals surface area contributed by atoms with Gasteiger partial charge in [0.25, 0.3) is 0 Å². The summed E-state index contributed by atoms with van der Waals surface area (Å²) in [4.78, 5) is 0. The van der Waals surface area contributed by atoms with E-state index in [1.54, 1.807) is 12.1 Å². The van der Waals surface area contributed by atoms with Crippen molar-refractivity contribution in [3.8, 4) is 33.6 Å². The van der Waals surface area contributed by atoms with E-state index in [1.165, 1.54) is 0 Å². The molecule has 4 atom stereocenters. The molecule has 1 fully saturated rings. The minimum absolute atomic E-state index is 0.0813. The normalized spacial score (nSPS) is 21.6. The number of alkyl halides is 6. The molecule has 0 bridgehead atoms. The quantitative estimate of drug-likeness (QED) is 0.141. The summed E-state index contributed by atoms with van der Waals surface area (Å²) in [5.74, 6) is -0.546. The molecular formula is C34H22F6N2+2. The molecule has 5 aromatic rings. The highest BCUT2D eigenvalue weighted by atomic mass is 19.4. The molecule has 1 saturated carbocycles. The monoisotopic (exact) mass is 572 g/mol. The summed E-state index contributed by atoms with van der Waals surface area (Å²) in [5.41, 5.74) is 2.78. The first kappa shape index (κ1) is 25.3. The first-order valence-corrected chi connectivity index (χ1v) is 13.7. The SMILES string of the molecule is FC(F)(F)c1cc2c(cc1C(F)(F)F)C1C(C3c4ccccc4-c4cc(-c5ccccc5)cc[n+]4C31)[n+]1ccccc1-2. The number of halogens is 6. The van der Waals surface area contributed by atoms with Crippen molar-refractivity contribution in [3.05, 3.63) is 132 Å². The van der Waals surface area contributed by atoms with Crippen molar-refractivity contribution in [2.75, 3.05) is 0 Å². The lowest BCUT2D eigenvalue weighted by Gasteiger charge is -2.49. The van der Waals surface area contributed by atoms with Gasteiger partial charge in [0.15, 0.2) is 24.5 Å². The molecule has 2 aromatic heterocycles. The van der Waals surface area contributed by atoms with Crippen LogP contribution in [-0.2, 0) is 12.4 Å². The number of pyridine rings is 2. The summed E-state index contributed by atoms with van der Waals surface area (Å²) in [7, 11) is 0. The molecule has 0 spiro atoms. The standard InChI is InChI=1S/C34H22F6N2/c35-33(36,37)25-17-23-24(18-26(25)34(38,39)40)30-31(41-14-7-6-12-27(23)41)29-22-11-5-4-10-21(22)28-16-20(13-15-42(28)32(29)30)19-8-2-1-3-9-19/h1-18,29-32H/q+2.